The molecule has 0 amide bonds. The van der Waals surface area contributed by atoms with E-state index in [0.29, 0.717) is 30.9 Å². The second kappa shape index (κ2) is 6.93. The van der Waals surface area contributed by atoms with Gasteiger partial charge >= 0.3 is 0 Å². The summed E-state index contributed by atoms with van der Waals surface area (Å²) in [4.78, 5) is 18.6. The second-order valence-corrected chi connectivity index (χ2v) is 5.76. The van der Waals surface area contributed by atoms with Gasteiger partial charge in [0, 0.05) is 13.1 Å². The van der Waals surface area contributed by atoms with Crippen LogP contribution >= 0.6 is 0 Å². The molecule has 2 aromatic heterocycles. The van der Waals surface area contributed by atoms with Gasteiger partial charge in [-0.25, -0.2) is 20.8 Å². The molecule has 3 rings (SSSR count). The molecule has 2 aromatic rings. The molecule has 1 aliphatic rings. The first-order valence-electron chi connectivity index (χ1n) is 7.47. The molecule has 1 aliphatic heterocycles. The number of ether oxygens (including phenoxy) is 1. The van der Waals surface area contributed by atoms with Crippen molar-refractivity contribution in [1.82, 2.24) is 24.4 Å². The Morgan fingerprint density at radius 2 is 2.12 bits per heavy atom. The number of fused-ring (bicyclic) bond motifs is 1. The number of aliphatic hydroxyl groups is 2. The quantitative estimate of drug-likeness (QED) is 0.427. The summed E-state index contributed by atoms with van der Waals surface area (Å²) in [6.45, 7) is 1.33. The predicted octanol–water partition coefficient (Wildman–Crippen LogP) is -2.15. The van der Waals surface area contributed by atoms with Gasteiger partial charge in [-0.15, -0.1) is 0 Å². The fraction of sp³-hybridized carbons (Fsp3) is 0.615. The van der Waals surface area contributed by atoms with Crippen LogP contribution in [0.4, 0.5) is 5.82 Å². The largest absolute Gasteiger partial charge is 0.387 e. The van der Waals surface area contributed by atoms with Crippen LogP contribution in [0.5, 0.6) is 0 Å². The standard InChI is InChI=1S/C13H21N7O4/c1-19(2-3-23-15)4-7-9(21)10(22)13(24-7)20-6-18-8-11(14)16-5-17-12(8)20/h5-7,9-10,13,21-22H,2-4,15H2,1H3,(H2,14,16,17)/t7-,9-,10?,13+/m0/s1. The van der Waals surface area contributed by atoms with E-state index >= 15 is 0 Å². The van der Waals surface area contributed by atoms with Crippen molar-refractivity contribution in [2.24, 2.45) is 5.90 Å². The number of hydrogen-bond acceptors (Lipinski definition) is 10. The first-order chi connectivity index (χ1) is 11.5. The number of nitrogens with zero attached hydrogens (tertiary/aromatic N) is 5. The molecule has 0 aliphatic carbocycles. The van der Waals surface area contributed by atoms with E-state index < -0.39 is 24.5 Å². The zero-order valence-electron chi connectivity index (χ0n) is 13.2. The molecular weight excluding hydrogens is 318 g/mol. The molecule has 0 spiro atoms. The molecule has 3 heterocycles. The van der Waals surface area contributed by atoms with Crippen molar-refractivity contribution >= 4 is 17.0 Å². The minimum atomic E-state index is -1.12. The lowest BCUT2D eigenvalue weighted by Crippen LogP contribution is -2.39. The van der Waals surface area contributed by atoms with Gasteiger partial charge in [0.2, 0.25) is 0 Å². The number of nitrogen functional groups attached to an aromatic ring is 1. The van der Waals surface area contributed by atoms with Crippen molar-refractivity contribution in [3.05, 3.63) is 12.7 Å². The maximum Gasteiger partial charge on any atom is 0.167 e. The zero-order chi connectivity index (χ0) is 17.3. The Balaban J connectivity index is 1.78. The number of hydrogen-bond donors (Lipinski definition) is 4. The van der Waals surface area contributed by atoms with Gasteiger partial charge < -0.3 is 30.4 Å². The fourth-order valence-corrected chi connectivity index (χ4v) is 2.77. The van der Waals surface area contributed by atoms with Crippen LogP contribution in [0.2, 0.25) is 0 Å². The lowest BCUT2D eigenvalue weighted by Gasteiger charge is -2.22. The number of aromatic nitrogens is 4. The van der Waals surface area contributed by atoms with E-state index in [1.165, 1.54) is 12.7 Å². The molecule has 4 atom stereocenters. The highest BCUT2D eigenvalue weighted by molar-refractivity contribution is 5.81. The van der Waals surface area contributed by atoms with Crippen LogP contribution < -0.4 is 11.6 Å². The molecule has 1 unspecified atom stereocenters. The maximum atomic E-state index is 10.4. The molecular formula is C13H21N7O4. The van der Waals surface area contributed by atoms with Crippen molar-refractivity contribution < 1.29 is 19.8 Å². The van der Waals surface area contributed by atoms with Crippen molar-refractivity contribution in [3.8, 4) is 0 Å². The van der Waals surface area contributed by atoms with Gasteiger partial charge in [-0.3, -0.25) is 4.57 Å². The summed E-state index contributed by atoms with van der Waals surface area (Å²) >= 11 is 0. The Hall–Kier alpha value is -1.89. The molecule has 1 fully saturated rings. The molecule has 11 heteroatoms. The average Bonchev–Trinajstić information content (AvgIpc) is 3.10. The third-order valence-electron chi connectivity index (χ3n) is 4.08. The van der Waals surface area contributed by atoms with Crippen LogP contribution in [0, 0.1) is 0 Å². The molecule has 0 radical (unpaired) electrons. The number of aliphatic hydroxyl groups excluding tert-OH is 2. The Morgan fingerprint density at radius 1 is 1.33 bits per heavy atom. The summed E-state index contributed by atoms with van der Waals surface area (Å²) in [6.07, 6.45) is -0.792. The predicted molar refractivity (Wildman–Crippen MR) is 83.3 cm³/mol. The van der Waals surface area contributed by atoms with Crippen molar-refractivity contribution in [2.45, 2.75) is 24.5 Å². The van der Waals surface area contributed by atoms with Gasteiger partial charge in [-0.2, -0.15) is 0 Å². The average molecular weight is 339 g/mol. The van der Waals surface area contributed by atoms with Gasteiger partial charge in [-0.05, 0) is 7.05 Å². The number of imidazole rings is 1. The van der Waals surface area contributed by atoms with Gasteiger partial charge in [-0.1, -0.05) is 0 Å². The van der Waals surface area contributed by atoms with Gasteiger partial charge in [0.05, 0.1) is 12.9 Å². The molecule has 24 heavy (non-hydrogen) atoms. The topological polar surface area (TPSA) is 158 Å². The molecule has 0 aromatic carbocycles. The summed E-state index contributed by atoms with van der Waals surface area (Å²) in [6, 6.07) is 0. The summed E-state index contributed by atoms with van der Waals surface area (Å²) in [5, 5.41) is 20.6. The van der Waals surface area contributed by atoms with Crippen LogP contribution in [0.3, 0.4) is 0 Å². The van der Waals surface area contributed by atoms with Crippen LogP contribution in [0.1, 0.15) is 6.23 Å². The van der Waals surface area contributed by atoms with Crippen molar-refractivity contribution in [2.75, 3.05) is 32.5 Å². The third kappa shape index (κ3) is 3.05. The number of likely N-dealkylation sites (N-methyl/N-ethyl adjacent to an activating group) is 1. The first-order valence-corrected chi connectivity index (χ1v) is 7.47. The van der Waals surface area contributed by atoms with Crippen LogP contribution in [-0.4, -0.2) is 79.7 Å². The maximum absolute atomic E-state index is 10.4. The summed E-state index contributed by atoms with van der Waals surface area (Å²) in [5.41, 5.74) is 6.62. The number of rotatable bonds is 6. The van der Waals surface area contributed by atoms with E-state index in [0.717, 1.165) is 0 Å². The summed E-state index contributed by atoms with van der Waals surface area (Å²) < 4.78 is 7.38. The lowest BCUT2D eigenvalue weighted by atomic mass is 10.1. The minimum Gasteiger partial charge on any atom is -0.387 e. The smallest absolute Gasteiger partial charge is 0.167 e. The normalized spacial score (nSPS) is 27.4. The number of nitrogens with two attached hydrogens (primary N) is 2. The molecule has 1 saturated heterocycles. The third-order valence-corrected chi connectivity index (χ3v) is 4.08. The Labute approximate surface area is 137 Å². The Morgan fingerprint density at radius 3 is 2.88 bits per heavy atom. The van der Waals surface area contributed by atoms with E-state index in [9.17, 15) is 10.2 Å². The van der Waals surface area contributed by atoms with Gasteiger partial charge in [0.25, 0.3) is 0 Å². The second-order valence-electron chi connectivity index (χ2n) is 5.76. The fourth-order valence-electron chi connectivity index (χ4n) is 2.77. The highest BCUT2D eigenvalue weighted by Crippen LogP contribution is 2.32. The monoisotopic (exact) mass is 339 g/mol. The molecule has 6 N–H and O–H groups in total. The Bertz CT molecular complexity index is 696. The van der Waals surface area contributed by atoms with Crippen molar-refractivity contribution in [3.63, 3.8) is 0 Å². The van der Waals surface area contributed by atoms with E-state index in [-0.39, 0.29) is 5.82 Å². The highest BCUT2D eigenvalue weighted by atomic mass is 16.6. The summed E-state index contributed by atoms with van der Waals surface area (Å²) in [5.74, 6) is 5.25. The molecule has 0 bridgehead atoms. The molecule has 11 nitrogen and oxygen atoms in total. The van der Waals surface area contributed by atoms with Crippen molar-refractivity contribution in [1.29, 1.82) is 0 Å². The summed E-state index contributed by atoms with van der Waals surface area (Å²) in [7, 11) is 1.84. The van der Waals surface area contributed by atoms with Gasteiger partial charge in [0.1, 0.15) is 30.2 Å². The van der Waals surface area contributed by atoms with E-state index in [1.54, 1.807) is 4.57 Å². The molecule has 132 valence electrons. The van der Waals surface area contributed by atoms with Crippen LogP contribution in [0.15, 0.2) is 12.7 Å². The Kier molecular flexibility index (Phi) is 4.89. The first kappa shape index (κ1) is 17.0. The SMILES string of the molecule is CN(CCON)C[C@@H]1O[C@@H](n2cnc3c(N)ncnc32)C(O)[C@H]1O. The van der Waals surface area contributed by atoms with E-state index in [2.05, 4.69) is 19.8 Å². The van der Waals surface area contributed by atoms with E-state index in [1.807, 2.05) is 11.9 Å². The number of anilines is 1. The highest BCUT2D eigenvalue weighted by Gasteiger charge is 2.44. The van der Waals surface area contributed by atoms with Crippen LogP contribution in [-0.2, 0) is 9.57 Å². The minimum absolute atomic E-state index is 0.241. The lowest BCUT2D eigenvalue weighted by molar-refractivity contribution is -0.0436. The van der Waals surface area contributed by atoms with Gasteiger partial charge in [0.15, 0.2) is 17.7 Å². The van der Waals surface area contributed by atoms with Crippen LogP contribution in [0.25, 0.3) is 11.2 Å². The zero-order valence-corrected chi connectivity index (χ0v) is 13.2. The van der Waals surface area contributed by atoms with E-state index in [4.69, 9.17) is 16.4 Å². The molecule has 0 saturated carbocycles.